The molecule has 120 valence electrons. The average molecular weight is 345 g/mol. The number of thiophene rings is 1. The number of nitrogens with zero attached hydrogens (tertiary/aromatic N) is 2. The fraction of sp³-hybridized carbons (Fsp3) is 0.278. The third-order valence-electron chi connectivity index (χ3n) is 3.82. The van der Waals surface area contributed by atoms with Crippen LogP contribution < -0.4 is 9.54 Å². The minimum atomic E-state index is 0.405. The molecular formula is C18H20N2OS2. The summed E-state index contributed by atoms with van der Waals surface area (Å²) >= 11 is 3.46. The van der Waals surface area contributed by atoms with E-state index in [9.17, 15) is 0 Å². The second kappa shape index (κ2) is 7.15. The van der Waals surface area contributed by atoms with Crippen LogP contribution >= 0.6 is 22.7 Å². The largest absolute Gasteiger partial charge is 0.497 e. The van der Waals surface area contributed by atoms with E-state index in [1.54, 1.807) is 29.8 Å². The van der Waals surface area contributed by atoms with Gasteiger partial charge in [-0.15, -0.1) is 22.7 Å². The third kappa shape index (κ3) is 3.41. The number of methoxy groups -OCH3 is 1. The molecule has 0 radical (unpaired) electrons. The van der Waals surface area contributed by atoms with Gasteiger partial charge in [-0.2, -0.15) is 0 Å². The van der Waals surface area contributed by atoms with E-state index in [0.29, 0.717) is 6.04 Å². The Labute approximate surface area is 144 Å². The molecule has 0 aliphatic rings. The molecule has 0 N–H and O–H groups in total. The summed E-state index contributed by atoms with van der Waals surface area (Å²) in [6, 6.07) is 12.5. The van der Waals surface area contributed by atoms with Crippen molar-refractivity contribution in [3.8, 4) is 16.3 Å². The summed E-state index contributed by atoms with van der Waals surface area (Å²) in [5.74, 6) is 0.830. The van der Waals surface area contributed by atoms with Gasteiger partial charge >= 0.3 is 0 Å². The first kappa shape index (κ1) is 16.0. The van der Waals surface area contributed by atoms with Crippen LogP contribution in [0.5, 0.6) is 5.75 Å². The fourth-order valence-electron chi connectivity index (χ4n) is 2.41. The van der Waals surface area contributed by atoms with Gasteiger partial charge in [-0.3, -0.25) is 0 Å². The highest BCUT2D eigenvalue weighted by Gasteiger charge is 2.13. The van der Waals surface area contributed by atoms with E-state index in [1.807, 2.05) is 24.3 Å². The van der Waals surface area contributed by atoms with Crippen LogP contribution in [0.25, 0.3) is 10.6 Å². The molecule has 0 saturated carbocycles. The average Bonchev–Trinajstić information content (AvgIpc) is 3.23. The van der Waals surface area contributed by atoms with Crippen LogP contribution in [0, 0.1) is 0 Å². The van der Waals surface area contributed by atoms with Gasteiger partial charge in [0, 0.05) is 17.5 Å². The maximum atomic E-state index is 5.29. The molecule has 1 atom stereocenters. The minimum absolute atomic E-state index is 0.405. The maximum absolute atomic E-state index is 5.29. The minimum Gasteiger partial charge on any atom is -0.497 e. The molecule has 2 heterocycles. The molecule has 0 fully saturated rings. The van der Waals surface area contributed by atoms with Crippen molar-refractivity contribution in [1.29, 1.82) is 0 Å². The molecule has 5 heteroatoms. The van der Waals surface area contributed by atoms with E-state index in [0.717, 1.165) is 22.7 Å². The van der Waals surface area contributed by atoms with Gasteiger partial charge in [0.2, 0.25) is 0 Å². The Hall–Kier alpha value is -1.85. The number of rotatable bonds is 5. The topological polar surface area (TPSA) is 26.5 Å². The Morgan fingerprint density at radius 2 is 2.09 bits per heavy atom. The Kier molecular flexibility index (Phi) is 4.98. The third-order valence-corrected chi connectivity index (χ3v) is 5.56. The molecule has 23 heavy (non-hydrogen) atoms. The molecule has 0 amide bonds. The summed E-state index contributed by atoms with van der Waals surface area (Å²) in [5, 5.41) is 4.32. The molecule has 3 rings (SSSR count). The Morgan fingerprint density at radius 1 is 1.22 bits per heavy atom. The van der Waals surface area contributed by atoms with E-state index in [1.165, 1.54) is 10.6 Å². The quantitative estimate of drug-likeness (QED) is 0.601. The SMILES string of the molecule is CCC(C)n1c(-c2cccs2)csc1=Nc1cccc(OC)c1. The van der Waals surface area contributed by atoms with E-state index < -0.39 is 0 Å². The molecule has 0 spiro atoms. The first-order valence-corrected chi connectivity index (χ1v) is 9.41. The fourth-order valence-corrected chi connectivity index (χ4v) is 4.23. The number of ether oxygens (including phenoxy) is 1. The van der Waals surface area contributed by atoms with Crippen LogP contribution in [0.3, 0.4) is 0 Å². The summed E-state index contributed by atoms with van der Waals surface area (Å²) in [6.07, 6.45) is 1.07. The van der Waals surface area contributed by atoms with E-state index in [2.05, 4.69) is 41.3 Å². The monoisotopic (exact) mass is 344 g/mol. The maximum Gasteiger partial charge on any atom is 0.190 e. The standard InChI is InChI=1S/C18H20N2OS2/c1-4-13(2)20-16(17-9-6-10-22-17)12-23-18(20)19-14-7-5-8-15(11-14)21-3/h5-13H,4H2,1-3H3. The summed E-state index contributed by atoms with van der Waals surface area (Å²) in [4.78, 5) is 7.17. The van der Waals surface area contributed by atoms with Crippen molar-refractivity contribution in [2.24, 2.45) is 4.99 Å². The molecular weight excluding hydrogens is 324 g/mol. The summed E-state index contributed by atoms with van der Waals surface area (Å²) in [6.45, 7) is 4.46. The highest BCUT2D eigenvalue weighted by molar-refractivity contribution is 7.14. The molecule has 3 nitrogen and oxygen atoms in total. The zero-order valence-corrected chi connectivity index (χ0v) is 15.2. The molecule has 1 aromatic carbocycles. The predicted octanol–water partition coefficient (Wildman–Crippen LogP) is 5.49. The van der Waals surface area contributed by atoms with Crippen molar-refractivity contribution in [3.63, 3.8) is 0 Å². The molecule has 1 unspecified atom stereocenters. The van der Waals surface area contributed by atoms with Crippen molar-refractivity contribution in [1.82, 2.24) is 4.57 Å². The van der Waals surface area contributed by atoms with Crippen LogP contribution in [-0.4, -0.2) is 11.7 Å². The first-order valence-electron chi connectivity index (χ1n) is 7.65. The number of aromatic nitrogens is 1. The van der Waals surface area contributed by atoms with Crippen molar-refractivity contribution in [2.45, 2.75) is 26.3 Å². The Morgan fingerprint density at radius 3 is 2.78 bits per heavy atom. The first-order chi connectivity index (χ1) is 11.2. The zero-order valence-electron chi connectivity index (χ0n) is 13.5. The predicted molar refractivity (Wildman–Crippen MR) is 98.8 cm³/mol. The van der Waals surface area contributed by atoms with Crippen molar-refractivity contribution >= 4 is 28.4 Å². The van der Waals surface area contributed by atoms with Gasteiger partial charge in [0.1, 0.15) is 5.75 Å². The summed E-state index contributed by atoms with van der Waals surface area (Å²) in [5.41, 5.74) is 2.17. The lowest BCUT2D eigenvalue weighted by Gasteiger charge is -2.14. The normalized spacial score (nSPS) is 13.3. The number of hydrogen-bond donors (Lipinski definition) is 0. The second-order valence-electron chi connectivity index (χ2n) is 5.32. The van der Waals surface area contributed by atoms with Crippen LogP contribution in [0.2, 0.25) is 0 Å². The Bertz CT molecular complexity index is 831. The van der Waals surface area contributed by atoms with Gasteiger partial charge in [-0.1, -0.05) is 19.1 Å². The highest BCUT2D eigenvalue weighted by Crippen LogP contribution is 2.28. The number of hydrogen-bond acceptors (Lipinski definition) is 4. The summed E-state index contributed by atoms with van der Waals surface area (Å²) < 4.78 is 7.64. The van der Waals surface area contributed by atoms with E-state index in [-0.39, 0.29) is 0 Å². The van der Waals surface area contributed by atoms with Gasteiger partial charge in [-0.05, 0) is 36.9 Å². The van der Waals surface area contributed by atoms with Gasteiger partial charge in [0.15, 0.2) is 4.80 Å². The molecule has 0 aliphatic carbocycles. The van der Waals surface area contributed by atoms with E-state index >= 15 is 0 Å². The zero-order chi connectivity index (χ0) is 16.2. The number of benzene rings is 1. The number of thiazole rings is 1. The lowest BCUT2D eigenvalue weighted by Crippen LogP contribution is -2.19. The molecule has 0 saturated heterocycles. The molecule has 2 aromatic heterocycles. The molecule has 0 bridgehead atoms. The van der Waals surface area contributed by atoms with Gasteiger partial charge in [-0.25, -0.2) is 4.99 Å². The molecule has 3 aromatic rings. The summed E-state index contributed by atoms with van der Waals surface area (Å²) in [7, 11) is 1.68. The highest BCUT2D eigenvalue weighted by atomic mass is 32.1. The van der Waals surface area contributed by atoms with Crippen LogP contribution in [0.15, 0.2) is 52.2 Å². The van der Waals surface area contributed by atoms with Gasteiger partial charge in [0.05, 0.1) is 23.4 Å². The van der Waals surface area contributed by atoms with Crippen LogP contribution in [0.1, 0.15) is 26.3 Å². The van der Waals surface area contributed by atoms with E-state index in [4.69, 9.17) is 9.73 Å². The van der Waals surface area contributed by atoms with Crippen molar-refractivity contribution < 1.29 is 4.74 Å². The van der Waals surface area contributed by atoms with Crippen molar-refractivity contribution in [2.75, 3.05) is 7.11 Å². The lowest BCUT2D eigenvalue weighted by molar-refractivity contribution is 0.415. The second-order valence-corrected chi connectivity index (χ2v) is 7.11. The molecule has 0 aliphatic heterocycles. The van der Waals surface area contributed by atoms with Crippen LogP contribution in [-0.2, 0) is 0 Å². The lowest BCUT2D eigenvalue weighted by atomic mass is 10.2. The smallest absolute Gasteiger partial charge is 0.190 e. The van der Waals surface area contributed by atoms with Crippen molar-refractivity contribution in [3.05, 3.63) is 52.0 Å². The van der Waals surface area contributed by atoms with Gasteiger partial charge in [0.25, 0.3) is 0 Å². The van der Waals surface area contributed by atoms with Gasteiger partial charge < -0.3 is 9.30 Å². The van der Waals surface area contributed by atoms with Crippen LogP contribution in [0.4, 0.5) is 5.69 Å². The Balaban J connectivity index is 2.13.